The van der Waals surface area contributed by atoms with E-state index in [2.05, 4.69) is 0 Å². The molecule has 0 bridgehead atoms. The predicted octanol–water partition coefficient (Wildman–Crippen LogP) is 4.04. The Morgan fingerprint density at radius 2 is 1.88 bits per heavy atom. The molecule has 126 valence electrons. The Balaban J connectivity index is 1.66. The molecular formula is C18H17Cl2NO3. The fourth-order valence-electron chi connectivity index (χ4n) is 2.46. The first-order chi connectivity index (χ1) is 11.6. The van der Waals surface area contributed by atoms with E-state index in [1.807, 2.05) is 18.2 Å². The lowest BCUT2D eigenvalue weighted by Crippen LogP contribution is -2.40. The summed E-state index contributed by atoms with van der Waals surface area (Å²) in [6, 6.07) is 12.6. The molecule has 0 aliphatic carbocycles. The number of benzene rings is 2. The van der Waals surface area contributed by atoms with Crippen LogP contribution in [0.3, 0.4) is 0 Å². The van der Waals surface area contributed by atoms with Gasteiger partial charge in [-0.3, -0.25) is 4.79 Å². The maximum Gasteiger partial charge on any atom is 0.254 e. The Hall–Kier alpha value is -1.75. The van der Waals surface area contributed by atoms with Gasteiger partial charge in [-0.2, -0.15) is 0 Å². The van der Waals surface area contributed by atoms with Gasteiger partial charge in [0.2, 0.25) is 0 Å². The van der Waals surface area contributed by atoms with Gasteiger partial charge in [-0.1, -0.05) is 35.3 Å². The van der Waals surface area contributed by atoms with Crippen LogP contribution in [0.5, 0.6) is 5.75 Å². The summed E-state index contributed by atoms with van der Waals surface area (Å²) in [6.07, 6.45) is 0. The van der Waals surface area contributed by atoms with Crippen molar-refractivity contribution in [3.8, 4) is 5.75 Å². The largest absolute Gasteiger partial charge is 0.489 e. The Morgan fingerprint density at radius 3 is 2.62 bits per heavy atom. The predicted molar refractivity (Wildman–Crippen MR) is 94.0 cm³/mol. The Labute approximate surface area is 150 Å². The number of rotatable bonds is 4. The second-order valence-electron chi connectivity index (χ2n) is 5.47. The third kappa shape index (κ3) is 4.20. The van der Waals surface area contributed by atoms with Gasteiger partial charge in [0.15, 0.2) is 0 Å². The van der Waals surface area contributed by atoms with Crippen LogP contribution in [0.15, 0.2) is 42.5 Å². The summed E-state index contributed by atoms with van der Waals surface area (Å²) < 4.78 is 11.0. The number of ether oxygens (including phenoxy) is 2. The van der Waals surface area contributed by atoms with E-state index in [9.17, 15) is 4.79 Å². The summed E-state index contributed by atoms with van der Waals surface area (Å²) in [4.78, 5) is 14.3. The molecule has 0 saturated carbocycles. The van der Waals surface area contributed by atoms with E-state index in [-0.39, 0.29) is 5.91 Å². The molecule has 2 aromatic carbocycles. The number of hydrogen-bond acceptors (Lipinski definition) is 3. The molecule has 1 fully saturated rings. The van der Waals surface area contributed by atoms with Crippen LogP contribution >= 0.6 is 23.2 Å². The molecular weight excluding hydrogens is 349 g/mol. The first-order valence-electron chi connectivity index (χ1n) is 7.67. The molecule has 0 aromatic heterocycles. The molecule has 1 heterocycles. The van der Waals surface area contributed by atoms with Crippen molar-refractivity contribution in [1.29, 1.82) is 0 Å². The van der Waals surface area contributed by atoms with Gasteiger partial charge >= 0.3 is 0 Å². The standard InChI is InChI=1S/C18H17Cl2NO3/c19-16-5-4-13(10-17(16)20)12-24-15-3-1-2-14(11-15)18(22)21-6-8-23-9-7-21/h1-5,10-11H,6-9,12H2. The second kappa shape index (κ2) is 7.88. The maximum atomic E-state index is 12.5. The summed E-state index contributed by atoms with van der Waals surface area (Å²) >= 11 is 11.9. The molecule has 0 radical (unpaired) electrons. The van der Waals surface area contributed by atoms with Crippen LogP contribution in [0.25, 0.3) is 0 Å². The van der Waals surface area contributed by atoms with Crippen molar-refractivity contribution in [3.05, 3.63) is 63.6 Å². The third-order valence-corrected chi connectivity index (χ3v) is 4.51. The van der Waals surface area contributed by atoms with Gasteiger partial charge in [0.1, 0.15) is 12.4 Å². The molecule has 4 nitrogen and oxygen atoms in total. The van der Waals surface area contributed by atoms with Crippen LogP contribution in [0, 0.1) is 0 Å². The number of hydrogen-bond donors (Lipinski definition) is 0. The molecule has 1 amide bonds. The van der Waals surface area contributed by atoms with Crippen LogP contribution in [-0.2, 0) is 11.3 Å². The first-order valence-corrected chi connectivity index (χ1v) is 8.43. The molecule has 6 heteroatoms. The molecule has 0 spiro atoms. The van der Waals surface area contributed by atoms with Crippen LogP contribution in [-0.4, -0.2) is 37.1 Å². The van der Waals surface area contributed by atoms with Crippen molar-refractivity contribution in [1.82, 2.24) is 4.90 Å². The van der Waals surface area contributed by atoms with E-state index in [1.54, 1.807) is 29.2 Å². The van der Waals surface area contributed by atoms with Crippen molar-refractivity contribution in [2.45, 2.75) is 6.61 Å². The van der Waals surface area contributed by atoms with Crippen molar-refractivity contribution in [2.24, 2.45) is 0 Å². The zero-order valence-corrected chi connectivity index (χ0v) is 14.5. The summed E-state index contributed by atoms with van der Waals surface area (Å²) in [6.45, 7) is 2.75. The second-order valence-corrected chi connectivity index (χ2v) is 6.28. The highest BCUT2D eigenvalue weighted by molar-refractivity contribution is 6.42. The summed E-state index contributed by atoms with van der Waals surface area (Å²) in [5, 5.41) is 1.01. The average molecular weight is 366 g/mol. The third-order valence-electron chi connectivity index (χ3n) is 3.77. The van der Waals surface area contributed by atoms with E-state index >= 15 is 0 Å². The molecule has 0 unspecified atom stereocenters. The summed E-state index contributed by atoms with van der Waals surface area (Å²) in [5.41, 5.74) is 1.53. The Morgan fingerprint density at radius 1 is 1.08 bits per heavy atom. The van der Waals surface area contributed by atoms with Crippen molar-refractivity contribution < 1.29 is 14.3 Å². The number of halogens is 2. The number of amides is 1. The van der Waals surface area contributed by atoms with E-state index < -0.39 is 0 Å². The minimum absolute atomic E-state index is 0.00159. The minimum Gasteiger partial charge on any atom is -0.489 e. The lowest BCUT2D eigenvalue weighted by Gasteiger charge is -2.27. The number of nitrogens with zero attached hydrogens (tertiary/aromatic N) is 1. The lowest BCUT2D eigenvalue weighted by molar-refractivity contribution is 0.0302. The quantitative estimate of drug-likeness (QED) is 0.820. The molecule has 1 aliphatic rings. The van der Waals surface area contributed by atoms with Gasteiger partial charge in [-0.05, 0) is 35.9 Å². The lowest BCUT2D eigenvalue weighted by atomic mass is 10.2. The molecule has 24 heavy (non-hydrogen) atoms. The summed E-state index contributed by atoms with van der Waals surface area (Å²) in [7, 11) is 0. The average Bonchev–Trinajstić information content (AvgIpc) is 2.63. The Bertz CT molecular complexity index is 730. The van der Waals surface area contributed by atoms with Gasteiger partial charge in [0.25, 0.3) is 5.91 Å². The van der Waals surface area contributed by atoms with Crippen LogP contribution in [0.1, 0.15) is 15.9 Å². The molecule has 0 N–H and O–H groups in total. The molecule has 2 aromatic rings. The number of carbonyl (C=O) groups excluding carboxylic acids is 1. The zero-order chi connectivity index (χ0) is 16.9. The van der Waals surface area contributed by atoms with Gasteiger partial charge in [0.05, 0.1) is 23.3 Å². The highest BCUT2D eigenvalue weighted by atomic mass is 35.5. The monoisotopic (exact) mass is 365 g/mol. The zero-order valence-electron chi connectivity index (χ0n) is 13.0. The van der Waals surface area contributed by atoms with Crippen LogP contribution in [0.4, 0.5) is 0 Å². The van der Waals surface area contributed by atoms with Crippen molar-refractivity contribution in [3.63, 3.8) is 0 Å². The van der Waals surface area contributed by atoms with E-state index in [0.29, 0.717) is 54.3 Å². The van der Waals surface area contributed by atoms with Gasteiger partial charge in [0, 0.05) is 18.7 Å². The molecule has 3 rings (SSSR count). The minimum atomic E-state index is -0.00159. The van der Waals surface area contributed by atoms with Gasteiger partial charge in [-0.15, -0.1) is 0 Å². The Kier molecular flexibility index (Phi) is 5.61. The van der Waals surface area contributed by atoms with Crippen molar-refractivity contribution in [2.75, 3.05) is 26.3 Å². The van der Waals surface area contributed by atoms with Gasteiger partial charge < -0.3 is 14.4 Å². The molecule has 0 atom stereocenters. The number of carbonyl (C=O) groups is 1. The SMILES string of the molecule is O=C(c1cccc(OCc2ccc(Cl)c(Cl)c2)c1)N1CCOCC1. The highest BCUT2D eigenvalue weighted by Gasteiger charge is 2.18. The normalized spacial score (nSPS) is 14.5. The molecule has 1 saturated heterocycles. The summed E-state index contributed by atoms with van der Waals surface area (Å²) in [5.74, 6) is 0.637. The van der Waals surface area contributed by atoms with Crippen LogP contribution < -0.4 is 4.74 Å². The van der Waals surface area contributed by atoms with E-state index in [0.717, 1.165) is 5.56 Å². The van der Waals surface area contributed by atoms with Gasteiger partial charge in [-0.25, -0.2) is 0 Å². The smallest absolute Gasteiger partial charge is 0.254 e. The maximum absolute atomic E-state index is 12.5. The molecule has 1 aliphatic heterocycles. The van der Waals surface area contributed by atoms with Crippen LogP contribution in [0.2, 0.25) is 10.0 Å². The van der Waals surface area contributed by atoms with Crippen molar-refractivity contribution >= 4 is 29.1 Å². The first kappa shape index (κ1) is 17.1. The fraction of sp³-hybridized carbons (Fsp3) is 0.278. The van der Waals surface area contributed by atoms with E-state index in [1.165, 1.54) is 0 Å². The van der Waals surface area contributed by atoms with E-state index in [4.69, 9.17) is 32.7 Å². The topological polar surface area (TPSA) is 38.8 Å². The highest BCUT2D eigenvalue weighted by Crippen LogP contribution is 2.24. The fourth-order valence-corrected chi connectivity index (χ4v) is 2.78. The number of morpholine rings is 1.